The number of carbonyl (C=O) groups is 2. The van der Waals surface area contributed by atoms with E-state index >= 15 is 0 Å². The van der Waals surface area contributed by atoms with Gasteiger partial charge in [-0.05, 0) is 13.8 Å². The summed E-state index contributed by atoms with van der Waals surface area (Å²) in [6, 6.07) is 6.60. The molecule has 1 N–H and O–H groups in total. The first-order valence-corrected chi connectivity index (χ1v) is 7.52. The van der Waals surface area contributed by atoms with Crippen molar-refractivity contribution in [3.63, 3.8) is 0 Å². The molecule has 0 radical (unpaired) electrons. The average molecular weight is 277 g/mol. The van der Waals surface area contributed by atoms with Gasteiger partial charge in [0, 0.05) is 23.4 Å². The van der Waals surface area contributed by atoms with E-state index < -0.39 is 10.8 Å². The number of allylic oxidation sites excluding steroid dienone is 2. The molecule has 19 heavy (non-hydrogen) atoms. The van der Waals surface area contributed by atoms with Crippen LogP contribution in [-0.2, 0) is 10.8 Å². The number of hydrogen-bond donors (Lipinski definition) is 1. The molecule has 0 saturated heterocycles. The van der Waals surface area contributed by atoms with Gasteiger partial charge in [-0.25, -0.2) is 0 Å². The van der Waals surface area contributed by atoms with Crippen molar-refractivity contribution in [2.24, 2.45) is 0 Å². The van der Waals surface area contributed by atoms with Crippen LogP contribution in [0.1, 0.15) is 34.6 Å². The quantitative estimate of drug-likeness (QED) is 0.912. The van der Waals surface area contributed by atoms with Crippen LogP contribution < -0.4 is 5.32 Å². The summed E-state index contributed by atoms with van der Waals surface area (Å²) in [5.74, 6) is -0.603. The highest BCUT2D eigenvalue weighted by molar-refractivity contribution is 7.89. The Morgan fingerprint density at radius 2 is 1.58 bits per heavy atom. The van der Waals surface area contributed by atoms with Crippen molar-refractivity contribution in [2.75, 3.05) is 6.26 Å². The Kier molecular flexibility index (Phi) is 3.66. The molecular weight excluding hydrogens is 262 g/mol. The third-order valence-corrected chi connectivity index (χ3v) is 3.76. The van der Waals surface area contributed by atoms with Crippen LogP contribution in [0.15, 0.2) is 34.9 Å². The fourth-order valence-electron chi connectivity index (χ4n) is 2.05. The molecule has 5 heteroatoms. The maximum Gasteiger partial charge on any atom is 0.210 e. The molecule has 0 amide bonds. The Hall–Kier alpha value is -1.75. The monoisotopic (exact) mass is 277 g/mol. The van der Waals surface area contributed by atoms with Crippen molar-refractivity contribution in [1.29, 1.82) is 0 Å². The van der Waals surface area contributed by atoms with E-state index in [-0.39, 0.29) is 28.2 Å². The van der Waals surface area contributed by atoms with E-state index in [0.717, 1.165) is 0 Å². The van der Waals surface area contributed by atoms with Gasteiger partial charge in [-0.15, -0.1) is 0 Å². The topological polar surface area (TPSA) is 63.2 Å². The standard InChI is InChI=1S/C14H15NO3S/c1-8(2)15-11-12(16)9-6-4-5-7-10(9)13(17)14(11)19(3)18/h4-8,15H,1-3H3. The zero-order chi connectivity index (χ0) is 14.2. The minimum Gasteiger partial charge on any atom is -0.379 e. The summed E-state index contributed by atoms with van der Waals surface area (Å²) in [6.45, 7) is 3.73. The summed E-state index contributed by atoms with van der Waals surface area (Å²) in [7, 11) is -1.51. The molecule has 1 aliphatic rings. The number of benzene rings is 1. The van der Waals surface area contributed by atoms with Gasteiger partial charge in [0.25, 0.3) is 0 Å². The lowest BCUT2D eigenvalue weighted by Crippen LogP contribution is -2.35. The van der Waals surface area contributed by atoms with Crippen molar-refractivity contribution < 1.29 is 13.8 Å². The number of hydrogen-bond acceptors (Lipinski definition) is 4. The first kappa shape index (κ1) is 13.7. The summed E-state index contributed by atoms with van der Waals surface area (Å²) in [5.41, 5.74) is 0.858. The third-order valence-electron chi connectivity index (χ3n) is 2.80. The minimum atomic E-state index is -1.51. The number of rotatable bonds is 3. The van der Waals surface area contributed by atoms with Crippen molar-refractivity contribution in [3.8, 4) is 0 Å². The van der Waals surface area contributed by atoms with Gasteiger partial charge in [-0.3, -0.25) is 13.8 Å². The third kappa shape index (κ3) is 2.38. The van der Waals surface area contributed by atoms with Gasteiger partial charge in [0.1, 0.15) is 10.6 Å². The minimum absolute atomic E-state index is 0.0180. The molecule has 1 aromatic carbocycles. The van der Waals surface area contributed by atoms with Crippen LogP contribution in [0.2, 0.25) is 0 Å². The lowest BCUT2D eigenvalue weighted by molar-refractivity contribution is 0.0973. The van der Waals surface area contributed by atoms with Gasteiger partial charge in [0.05, 0.1) is 10.8 Å². The maximum atomic E-state index is 12.4. The average Bonchev–Trinajstić information content (AvgIpc) is 2.35. The molecule has 0 heterocycles. The van der Waals surface area contributed by atoms with Gasteiger partial charge in [0.15, 0.2) is 0 Å². The number of ketones is 2. The van der Waals surface area contributed by atoms with Crippen molar-refractivity contribution in [2.45, 2.75) is 19.9 Å². The lowest BCUT2D eigenvalue weighted by Gasteiger charge is -2.22. The molecule has 0 fully saturated rings. The highest BCUT2D eigenvalue weighted by Gasteiger charge is 2.34. The molecule has 100 valence electrons. The number of fused-ring (bicyclic) bond motifs is 1. The van der Waals surface area contributed by atoms with Crippen LogP contribution in [0.5, 0.6) is 0 Å². The van der Waals surface area contributed by atoms with Crippen molar-refractivity contribution >= 4 is 22.4 Å². The second-order valence-corrected chi connectivity index (χ2v) is 5.98. The van der Waals surface area contributed by atoms with Crippen molar-refractivity contribution in [3.05, 3.63) is 46.0 Å². The zero-order valence-corrected chi connectivity index (χ0v) is 11.8. The fourth-order valence-corrected chi connectivity index (χ4v) is 2.86. The molecule has 1 unspecified atom stereocenters. The molecule has 4 nitrogen and oxygen atoms in total. The van der Waals surface area contributed by atoms with E-state index in [2.05, 4.69) is 5.32 Å². The summed E-state index contributed by atoms with van der Waals surface area (Å²) >= 11 is 0. The van der Waals surface area contributed by atoms with Crippen LogP contribution >= 0.6 is 0 Å². The van der Waals surface area contributed by atoms with E-state index in [1.54, 1.807) is 24.3 Å². The van der Waals surface area contributed by atoms with E-state index in [1.165, 1.54) is 6.26 Å². The number of Topliss-reactive ketones (excluding diaryl/α,β-unsaturated/α-hetero) is 2. The zero-order valence-electron chi connectivity index (χ0n) is 11.0. The molecule has 1 aliphatic carbocycles. The molecule has 1 aromatic rings. The van der Waals surface area contributed by atoms with Crippen LogP contribution in [0.4, 0.5) is 0 Å². The summed E-state index contributed by atoms with van der Waals surface area (Å²) in [5, 5.41) is 2.95. The Morgan fingerprint density at radius 3 is 2.05 bits per heavy atom. The van der Waals surface area contributed by atoms with Gasteiger partial charge in [-0.1, -0.05) is 24.3 Å². The van der Waals surface area contributed by atoms with E-state index in [4.69, 9.17) is 0 Å². The number of nitrogens with one attached hydrogen (secondary N) is 1. The predicted molar refractivity (Wildman–Crippen MR) is 74.5 cm³/mol. The molecule has 0 bridgehead atoms. The molecule has 0 saturated carbocycles. The van der Waals surface area contributed by atoms with Gasteiger partial charge in [-0.2, -0.15) is 0 Å². The number of carbonyl (C=O) groups excluding carboxylic acids is 2. The normalized spacial score (nSPS) is 16.6. The Balaban J connectivity index is 2.65. The second kappa shape index (κ2) is 5.09. The highest BCUT2D eigenvalue weighted by atomic mass is 32.2. The highest BCUT2D eigenvalue weighted by Crippen LogP contribution is 2.26. The second-order valence-electron chi connectivity index (χ2n) is 4.66. The Bertz CT molecular complexity index is 617. The molecule has 0 aliphatic heterocycles. The largest absolute Gasteiger partial charge is 0.379 e. The smallest absolute Gasteiger partial charge is 0.210 e. The maximum absolute atomic E-state index is 12.4. The summed E-state index contributed by atoms with van der Waals surface area (Å²) in [4.78, 5) is 24.8. The first-order valence-electron chi connectivity index (χ1n) is 5.96. The Morgan fingerprint density at radius 1 is 1.05 bits per heavy atom. The van der Waals surface area contributed by atoms with Gasteiger partial charge in [0.2, 0.25) is 11.6 Å². The van der Waals surface area contributed by atoms with Gasteiger partial charge >= 0.3 is 0 Å². The molecule has 2 rings (SSSR count). The van der Waals surface area contributed by atoms with E-state index in [0.29, 0.717) is 11.1 Å². The van der Waals surface area contributed by atoms with Gasteiger partial charge < -0.3 is 5.32 Å². The summed E-state index contributed by atoms with van der Waals surface area (Å²) < 4.78 is 11.8. The summed E-state index contributed by atoms with van der Waals surface area (Å²) in [6.07, 6.45) is 1.41. The first-order chi connectivity index (χ1) is 8.93. The molecule has 0 spiro atoms. The van der Waals surface area contributed by atoms with Crippen LogP contribution in [0.25, 0.3) is 0 Å². The van der Waals surface area contributed by atoms with Crippen LogP contribution in [0, 0.1) is 0 Å². The molecule has 0 aromatic heterocycles. The van der Waals surface area contributed by atoms with Crippen LogP contribution in [-0.4, -0.2) is 28.1 Å². The van der Waals surface area contributed by atoms with E-state index in [9.17, 15) is 13.8 Å². The molecular formula is C14H15NO3S. The molecule has 1 atom stereocenters. The Labute approximate surface area is 114 Å². The SMILES string of the molecule is CC(C)NC1=C(S(C)=O)C(=O)c2ccccc2C1=O. The van der Waals surface area contributed by atoms with E-state index in [1.807, 2.05) is 13.8 Å². The van der Waals surface area contributed by atoms with Crippen molar-refractivity contribution in [1.82, 2.24) is 5.32 Å². The fraction of sp³-hybridized carbons (Fsp3) is 0.286. The van der Waals surface area contributed by atoms with Crippen LogP contribution in [0.3, 0.4) is 0 Å². The predicted octanol–water partition coefficient (Wildman–Crippen LogP) is 1.65. The lowest BCUT2D eigenvalue weighted by atomic mass is 9.92.